The SMILES string of the molecule is O=C(Nc1ccccc1)c1cc(N(CCCl)CCCl)ccc1[N+](=O)[O-]. The first-order chi connectivity index (χ1) is 12.1. The minimum atomic E-state index is -0.572. The first-order valence-corrected chi connectivity index (χ1v) is 8.65. The molecule has 132 valence electrons. The Kier molecular flexibility index (Phi) is 7.03. The van der Waals surface area contributed by atoms with E-state index < -0.39 is 10.8 Å². The largest absolute Gasteiger partial charge is 0.369 e. The maximum absolute atomic E-state index is 12.5. The quantitative estimate of drug-likeness (QED) is 0.423. The molecular weight excluding hydrogens is 365 g/mol. The molecule has 0 bridgehead atoms. The molecule has 0 heterocycles. The van der Waals surface area contributed by atoms with Crippen molar-refractivity contribution in [3.8, 4) is 0 Å². The number of para-hydroxylation sites is 1. The first kappa shape index (κ1) is 19.0. The molecule has 0 spiro atoms. The predicted octanol–water partition coefficient (Wildman–Crippen LogP) is 4.13. The summed E-state index contributed by atoms with van der Waals surface area (Å²) in [6, 6.07) is 13.2. The monoisotopic (exact) mass is 381 g/mol. The molecular formula is C17H17Cl2N3O3. The van der Waals surface area contributed by atoms with Gasteiger partial charge in [-0.05, 0) is 24.3 Å². The third-order valence-corrected chi connectivity index (χ3v) is 3.87. The normalized spacial score (nSPS) is 10.3. The summed E-state index contributed by atoms with van der Waals surface area (Å²) in [6.07, 6.45) is 0. The van der Waals surface area contributed by atoms with E-state index in [1.54, 1.807) is 30.3 Å². The predicted molar refractivity (Wildman–Crippen MR) is 101 cm³/mol. The van der Waals surface area contributed by atoms with Crippen LogP contribution in [0.5, 0.6) is 0 Å². The molecule has 0 saturated carbocycles. The molecule has 2 aromatic rings. The fourth-order valence-electron chi connectivity index (χ4n) is 2.36. The van der Waals surface area contributed by atoms with Crippen LogP contribution in [0.25, 0.3) is 0 Å². The van der Waals surface area contributed by atoms with E-state index >= 15 is 0 Å². The van der Waals surface area contributed by atoms with Gasteiger partial charge in [0.2, 0.25) is 0 Å². The lowest BCUT2D eigenvalue weighted by atomic mass is 10.1. The lowest BCUT2D eigenvalue weighted by Crippen LogP contribution is -2.28. The second kappa shape index (κ2) is 9.25. The summed E-state index contributed by atoms with van der Waals surface area (Å²) in [5.74, 6) is 0.204. The molecule has 0 aliphatic heterocycles. The van der Waals surface area contributed by atoms with Crippen LogP contribution in [0.3, 0.4) is 0 Å². The number of hydrogen-bond donors (Lipinski definition) is 1. The van der Waals surface area contributed by atoms with Gasteiger partial charge in [0.05, 0.1) is 4.92 Å². The van der Waals surface area contributed by atoms with Gasteiger partial charge in [0.1, 0.15) is 5.56 Å². The lowest BCUT2D eigenvalue weighted by Gasteiger charge is -2.23. The number of rotatable bonds is 8. The van der Waals surface area contributed by atoms with Crippen LogP contribution in [0.1, 0.15) is 10.4 Å². The van der Waals surface area contributed by atoms with Crippen LogP contribution in [0, 0.1) is 10.1 Å². The van der Waals surface area contributed by atoms with Gasteiger partial charge in [-0.15, -0.1) is 23.2 Å². The highest BCUT2D eigenvalue weighted by Gasteiger charge is 2.22. The van der Waals surface area contributed by atoms with Crippen molar-refractivity contribution in [3.63, 3.8) is 0 Å². The Labute approximate surface area is 155 Å². The molecule has 0 radical (unpaired) electrons. The van der Waals surface area contributed by atoms with Crippen molar-refractivity contribution in [2.45, 2.75) is 0 Å². The molecule has 6 nitrogen and oxygen atoms in total. The minimum absolute atomic E-state index is 0.0134. The molecule has 1 amide bonds. The van der Waals surface area contributed by atoms with Gasteiger partial charge in [0.25, 0.3) is 11.6 Å². The average Bonchev–Trinajstić information content (AvgIpc) is 2.61. The molecule has 0 atom stereocenters. The van der Waals surface area contributed by atoms with E-state index in [0.717, 1.165) is 0 Å². The van der Waals surface area contributed by atoms with E-state index in [4.69, 9.17) is 23.2 Å². The Balaban J connectivity index is 2.37. The zero-order valence-corrected chi connectivity index (χ0v) is 14.8. The summed E-state index contributed by atoms with van der Waals surface area (Å²) in [5, 5.41) is 14.0. The number of carbonyl (C=O) groups is 1. The number of nitrogens with zero attached hydrogens (tertiary/aromatic N) is 2. The zero-order valence-electron chi connectivity index (χ0n) is 13.3. The molecule has 0 aliphatic rings. The molecule has 8 heteroatoms. The summed E-state index contributed by atoms with van der Waals surface area (Å²) in [5.41, 5.74) is 0.949. The topological polar surface area (TPSA) is 75.5 Å². The summed E-state index contributed by atoms with van der Waals surface area (Å²) in [7, 11) is 0. The summed E-state index contributed by atoms with van der Waals surface area (Å²) >= 11 is 11.6. The summed E-state index contributed by atoms with van der Waals surface area (Å²) < 4.78 is 0. The van der Waals surface area contributed by atoms with E-state index in [1.165, 1.54) is 12.1 Å². The Morgan fingerprint density at radius 2 is 1.72 bits per heavy atom. The van der Waals surface area contributed by atoms with E-state index in [9.17, 15) is 14.9 Å². The fourth-order valence-corrected chi connectivity index (χ4v) is 2.76. The van der Waals surface area contributed by atoms with E-state index in [2.05, 4.69) is 5.32 Å². The molecule has 2 aromatic carbocycles. The van der Waals surface area contributed by atoms with Gasteiger partial charge in [-0.3, -0.25) is 14.9 Å². The maximum atomic E-state index is 12.5. The van der Waals surface area contributed by atoms with Crippen LogP contribution >= 0.6 is 23.2 Å². The van der Waals surface area contributed by atoms with E-state index in [-0.39, 0.29) is 11.3 Å². The van der Waals surface area contributed by atoms with Crippen LogP contribution in [0.4, 0.5) is 17.1 Å². The van der Waals surface area contributed by atoms with Crippen LogP contribution in [-0.2, 0) is 0 Å². The van der Waals surface area contributed by atoms with Gasteiger partial charge < -0.3 is 10.2 Å². The van der Waals surface area contributed by atoms with Crippen LogP contribution in [0.2, 0.25) is 0 Å². The van der Waals surface area contributed by atoms with Crippen LogP contribution < -0.4 is 10.2 Å². The van der Waals surface area contributed by atoms with Crippen LogP contribution in [-0.4, -0.2) is 35.7 Å². The lowest BCUT2D eigenvalue weighted by molar-refractivity contribution is -0.385. The number of anilines is 2. The number of amides is 1. The van der Waals surface area contributed by atoms with Gasteiger partial charge in [-0.25, -0.2) is 0 Å². The summed E-state index contributed by atoms with van der Waals surface area (Å²) in [4.78, 5) is 25.1. The number of hydrogen-bond acceptors (Lipinski definition) is 4. The molecule has 1 N–H and O–H groups in total. The molecule has 0 fully saturated rings. The van der Waals surface area contributed by atoms with E-state index in [1.807, 2.05) is 11.0 Å². The number of benzene rings is 2. The highest BCUT2D eigenvalue weighted by Crippen LogP contribution is 2.26. The first-order valence-electron chi connectivity index (χ1n) is 7.58. The average molecular weight is 382 g/mol. The van der Waals surface area contributed by atoms with Crippen molar-refractivity contribution in [1.29, 1.82) is 0 Å². The number of nitrogens with one attached hydrogen (secondary N) is 1. The van der Waals surface area contributed by atoms with Gasteiger partial charge in [-0.1, -0.05) is 18.2 Å². The third kappa shape index (κ3) is 5.08. The Morgan fingerprint density at radius 3 is 2.28 bits per heavy atom. The molecule has 0 aliphatic carbocycles. The second-order valence-electron chi connectivity index (χ2n) is 5.14. The molecule has 0 aromatic heterocycles. The number of nitro benzene ring substituents is 1. The Morgan fingerprint density at radius 1 is 1.08 bits per heavy atom. The molecule has 0 unspecified atom stereocenters. The van der Waals surface area contributed by atoms with Crippen molar-refractivity contribution in [3.05, 3.63) is 64.2 Å². The van der Waals surface area contributed by atoms with Crippen LogP contribution in [0.15, 0.2) is 48.5 Å². The maximum Gasteiger partial charge on any atom is 0.282 e. The molecule has 25 heavy (non-hydrogen) atoms. The number of halogens is 2. The van der Waals surface area contributed by atoms with Gasteiger partial charge in [-0.2, -0.15) is 0 Å². The zero-order chi connectivity index (χ0) is 18.2. The number of carbonyl (C=O) groups excluding carboxylic acids is 1. The minimum Gasteiger partial charge on any atom is -0.369 e. The van der Waals surface area contributed by atoms with Crippen molar-refractivity contribution in [1.82, 2.24) is 0 Å². The van der Waals surface area contributed by atoms with Gasteiger partial charge in [0, 0.05) is 42.3 Å². The fraction of sp³-hybridized carbons (Fsp3) is 0.235. The Hall–Kier alpha value is -2.31. The number of nitro groups is 1. The summed E-state index contributed by atoms with van der Waals surface area (Å²) in [6.45, 7) is 1.04. The van der Waals surface area contributed by atoms with Gasteiger partial charge in [0.15, 0.2) is 0 Å². The smallest absolute Gasteiger partial charge is 0.282 e. The highest BCUT2D eigenvalue weighted by atomic mass is 35.5. The standard InChI is InChI=1S/C17H17Cl2N3O3/c18-8-10-21(11-9-19)14-6-7-16(22(24)25)15(12-14)17(23)20-13-4-2-1-3-5-13/h1-7,12H,8-11H2,(H,20,23). The number of alkyl halides is 2. The van der Waals surface area contributed by atoms with E-state index in [0.29, 0.717) is 36.2 Å². The van der Waals surface area contributed by atoms with Gasteiger partial charge >= 0.3 is 0 Å². The second-order valence-corrected chi connectivity index (χ2v) is 5.90. The molecule has 2 rings (SSSR count). The van der Waals surface area contributed by atoms with Crippen molar-refractivity contribution in [2.75, 3.05) is 35.1 Å². The van der Waals surface area contributed by atoms with Crippen molar-refractivity contribution < 1.29 is 9.72 Å². The Bertz CT molecular complexity index is 735. The third-order valence-electron chi connectivity index (χ3n) is 3.53. The molecule has 0 saturated heterocycles. The van der Waals surface area contributed by atoms with Crippen molar-refractivity contribution >= 4 is 46.2 Å². The highest BCUT2D eigenvalue weighted by molar-refractivity contribution is 6.18. The van der Waals surface area contributed by atoms with Crippen molar-refractivity contribution in [2.24, 2.45) is 0 Å².